The molecule has 0 aromatic heterocycles. The van der Waals surface area contributed by atoms with Crippen molar-refractivity contribution in [2.75, 3.05) is 19.0 Å². The van der Waals surface area contributed by atoms with E-state index in [1.54, 1.807) is 0 Å². The molecule has 0 atom stereocenters. The van der Waals surface area contributed by atoms with E-state index in [-0.39, 0.29) is 33.1 Å². The lowest BCUT2D eigenvalue weighted by Crippen LogP contribution is -2.24. The van der Waals surface area contributed by atoms with E-state index in [2.05, 4.69) is 5.32 Å². The maximum atomic E-state index is 12.0. The van der Waals surface area contributed by atoms with Crippen molar-refractivity contribution < 1.29 is 28.8 Å². The fourth-order valence-electron chi connectivity index (χ4n) is 2.63. The summed E-state index contributed by atoms with van der Waals surface area (Å²) in [5.41, 5.74) is 0.212. The minimum Gasteiger partial charge on any atom is -0.452 e. The summed E-state index contributed by atoms with van der Waals surface area (Å²) in [5, 5.41) is 12.9. The molecule has 2 aromatic rings. The number of nitro benzene ring substituents is 1. The molecule has 3 rings (SSSR count). The van der Waals surface area contributed by atoms with E-state index in [1.165, 1.54) is 25.2 Å². The third kappa shape index (κ3) is 3.92. The number of carbonyl (C=O) groups excluding carboxylic acids is 4. The maximum Gasteiger partial charge on any atom is 0.340 e. The largest absolute Gasteiger partial charge is 0.452 e. The number of nitrogens with one attached hydrogen (secondary N) is 1. The number of halogens is 1. The Hall–Kier alpha value is -3.79. The van der Waals surface area contributed by atoms with Crippen molar-refractivity contribution in [3.8, 4) is 0 Å². The number of nitrogens with zero attached hydrogens (tertiary/aromatic N) is 2. The number of imide groups is 1. The van der Waals surface area contributed by atoms with E-state index in [1.807, 2.05) is 0 Å². The first kappa shape index (κ1) is 20.0. The number of ether oxygens (including phenoxy) is 1. The summed E-state index contributed by atoms with van der Waals surface area (Å²) >= 11 is 5.84. The second-order valence-electron chi connectivity index (χ2n) is 5.98. The van der Waals surface area contributed by atoms with E-state index >= 15 is 0 Å². The van der Waals surface area contributed by atoms with Gasteiger partial charge in [-0.3, -0.25) is 29.4 Å². The molecular weight excluding hydrogens is 406 g/mol. The lowest BCUT2D eigenvalue weighted by molar-refractivity contribution is -0.384. The van der Waals surface area contributed by atoms with Crippen LogP contribution in [0.15, 0.2) is 36.4 Å². The maximum absolute atomic E-state index is 12.0. The highest BCUT2D eigenvalue weighted by atomic mass is 35.5. The summed E-state index contributed by atoms with van der Waals surface area (Å²) in [6, 6.07) is 7.42. The van der Waals surface area contributed by atoms with Crippen molar-refractivity contribution in [3.63, 3.8) is 0 Å². The molecule has 29 heavy (non-hydrogen) atoms. The number of non-ortho nitro benzene ring substituents is 1. The molecule has 0 saturated heterocycles. The molecule has 1 aliphatic heterocycles. The standard InChI is InChI=1S/C18H12ClN3O7/c1-21-16(24)11-4-2-9(6-13(11)17(21)25)20-15(23)8-29-18(26)12-5-3-10(22(27)28)7-14(12)19/h2-7H,8H2,1H3,(H,20,23). The van der Waals surface area contributed by atoms with Crippen LogP contribution in [0, 0.1) is 10.1 Å². The van der Waals surface area contributed by atoms with Crippen LogP contribution in [0.25, 0.3) is 0 Å². The van der Waals surface area contributed by atoms with Crippen LogP contribution in [0.5, 0.6) is 0 Å². The van der Waals surface area contributed by atoms with Crippen LogP contribution in [0.1, 0.15) is 31.1 Å². The lowest BCUT2D eigenvalue weighted by Gasteiger charge is -2.08. The highest BCUT2D eigenvalue weighted by Crippen LogP contribution is 2.25. The average Bonchev–Trinajstić information content (AvgIpc) is 2.90. The molecule has 0 aliphatic carbocycles. The number of esters is 1. The fraction of sp³-hybridized carbons (Fsp3) is 0.111. The van der Waals surface area contributed by atoms with E-state index < -0.39 is 35.2 Å². The number of nitro groups is 1. The van der Waals surface area contributed by atoms with Gasteiger partial charge in [0, 0.05) is 24.9 Å². The Labute approximate surface area is 168 Å². The first-order valence-electron chi connectivity index (χ1n) is 8.06. The smallest absolute Gasteiger partial charge is 0.340 e. The number of rotatable bonds is 5. The van der Waals surface area contributed by atoms with E-state index in [0.717, 1.165) is 23.1 Å². The molecule has 0 saturated carbocycles. The highest BCUT2D eigenvalue weighted by Gasteiger charge is 2.32. The zero-order valence-electron chi connectivity index (χ0n) is 14.8. The Balaban J connectivity index is 1.62. The average molecular weight is 418 g/mol. The van der Waals surface area contributed by atoms with E-state index in [0.29, 0.717) is 0 Å². The van der Waals surface area contributed by atoms with Gasteiger partial charge in [0.05, 0.1) is 26.6 Å². The Morgan fingerprint density at radius 3 is 2.48 bits per heavy atom. The molecular formula is C18H12ClN3O7. The Kier molecular flexibility index (Phi) is 5.29. The molecule has 11 heteroatoms. The van der Waals surface area contributed by atoms with Crippen molar-refractivity contribution in [1.82, 2.24) is 4.90 Å². The fourth-order valence-corrected chi connectivity index (χ4v) is 2.88. The van der Waals surface area contributed by atoms with Crippen LogP contribution in [-0.2, 0) is 9.53 Å². The monoisotopic (exact) mass is 417 g/mol. The second kappa shape index (κ2) is 7.68. The number of hydrogen-bond acceptors (Lipinski definition) is 7. The lowest BCUT2D eigenvalue weighted by atomic mass is 10.1. The van der Waals surface area contributed by atoms with E-state index in [4.69, 9.17) is 16.3 Å². The second-order valence-corrected chi connectivity index (χ2v) is 6.38. The van der Waals surface area contributed by atoms with Gasteiger partial charge in [0.2, 0.25) is 0 Å². The molecule has 1 N–H and O–H groups in total. The molecule has 148 valence electrons. The van der Waals surface area contributed by atoms with E-state index in [9.17, 15) is 29.3 Å². The third-order valence-corrected chi connectivity index (χ3v) is 4.40. The number of anilines is 1. The Morgan fingerprint density at radius 2 is 1.83 bits per heavy atom. The molecule has 2 aromatic carbocycles. The zero-order valence-corrected chi connectivity index (χ0v) is 15.6. The van der Waals surface area contributed by atoms with Crippen molar-refractivity contribution in [1.29, 1.82) is 0 Å². The summed E-state index contributed by atoms with van der Waals surface area (Å²) in [5.74, 6) is -2.55. The molecule has 10 nitrogen and oxygen atoms in total. The molecule has 0 spiro atoms. The SMILES string of the molecule is CN1C(=O)c2ccc(NC(=O)COC(=O)c3ccc([N+](=O)[O-])cc3Cl)cc2C1=O. The molecule has 3 amide bonds. The topological polar surface area (TPSA) is 136 Å². The molecule has 1 heterocycles. The van der Waals surface area contributed by atoms with Crippen molar-refractivity contribution in [2.45, 2.75) is 0 Å². The summed E-state index contributed by atoms with van der Waals surface area (Å²) in [7, 11) is 1.35. The summed E-state index contributed by atoms with van der Waals surface area (Å²) in [6.07, 6.45) is 0. The Bertz CT molecular complexity index is 1080. The van der Waals surface area contributed by atoms with Gasteiger partial charge in [-0.25, -0.2) is 4.79 Å². The highest BCUT2D eigenvalue weighted by molar-refractivity contribution is 6.33. The van der Waals surface area contributed by atoms with Gasteiger partial charge in [0.25, 0.3) is 23.4 Å². The number of amides is 3. The van der Waals surface area contributed by atoms with Gasteiger partial charge in [0.1, 0.15) is 0 Å². The predicted octanol–water partition coefficient (Wildman–Crippen LogP) is 2.27. The minimum absolute atomic E-state index is 0.130. The van der Waals surface area contributed by atoms with Crippen molar-refractivity contribution >= 4 is 46.7 Å². The quantitative estimate of drug-likeness (QED) is 0.341. The van der Waals surface area contributed by atoms with Crippen LogP contribution < -0.4 is 5.32 Å². The van der Waals surface area contributed by atoms with Gasteiger partial charge in [-0.2, -0.15) is 0 Å². The number of benzene rings is 2. The van der Waals surface area contributed by atoms with Crippen LogP contribution in [-0.4, -0.2) is 47.2 Å². The Morgan fingerprint density at radius 1 is 1.14 bits per heavy atom. The molecule has 0 bridgehead atoms. The van der Waals surface area contributed by atoms with Crippen LogP contribution >= 0.6 is 11.6 Å². The van der Waals surface area contributed by atoms with Gasteiger partial charge < -0.3 is 10.1 Å². The number of fused-ring (bicyclic) bond motifs is 1. The predicted molar refractivity (Wildman–Crippen MR) is 99.9 cm³/mol. The van der Waals surface area contributed by atoms with Gasteiger partial charge in [-0.05, 0) is 24.3 Å². The van der Waals surface area contributed by atoms with Gasteiger partial charge in [0.15, 0.2) is 6.61 Å². The molecule has 0 radical (unpaired) electrons. The zero-order chi connectivity index (χ0) is 21.3. The van der Waals surface area contributed by atoms with Crippen LogP contribution in [0.4, 0.5) is 11.4 Å². The van der Waals surface area contributed by atoms with Crippen LogP contribution in [0.2, 0.25) is 5.02 Å². The first-order chi connectivity index (χ1) is 13.7. The van der Waals surface area contributed by atoms with Crippen molar-refractivity contribution in [3.05, 3.63) is 68.2 Å². The molecule has 0 fully saturated rings. The van der Waals surface area contributed by atoms with Crippen LogP contribution in [0.3, 0.4) is 0 Å². The minimum atomic E-state index is -0.934. The summed E-state index contributed by atoms with van der Waals surface area (Å²) in [4.78, 5) is 58.9. The van der Waals surface area contributed by atoms with Gasteiger partial charge >= 0.3 is 5.97 Å². The van der Waals surface area contributed by atoms with Gasteiger partial charge in [-0.1, -0.05) is 11.6 Å². The van der Waals surface area contributed by atoms with Crippen molar-refractivity contribution in [2.24, 2.45) is 0 Å². The first-order valence-corrected chi connectivity index (χ1v) is 8.44. The summed E-state index contributed by atoms with van der Waals surface area (Å²) in [6.45, 7) is -0.657. The third-order valence-electron chi connectivity index (χ3n) is 4.09. The number of carbonyl (C=O) groups is 4. The normalized spacial score (nSPS) is 12.6. The number of hydrogen-bond donors (Lipinski definition) is 1. The van der Waals surface area contributed by atoms with Gasteiger partial charge in [-0.15, -0.1) is 0 Å². The summed E-state index contributed by atoms with van der Waals surface area (Å²) < 4.78 is 4.86. The molecule has 0 unspecified atom stereocenters. The molecule has 1 aliphatic rings.